The average molecular weight is 442 g/mol. The molecule has 0 spiro atoms. The van der Waals surface area contributed by atoms with E-state index >= 15 is 0 Å². The number of rotatable bonds is 7. The van der Waals surface area contributed by atoms with E-state index < -0.39 is 0 Å². The van der Waals surface area contributed by atoms with Crippen LogP contribution in [0.25, 0.3) is 22.2 Å². The summed E-state index contributed by atoms with van der Waals surface area (Å²) in [6, 6.07) is 9.68. The number of hydrogen-bond acceptors (Lipinski definition) is 7. The molecule has 3 heterocycles. The molecule has 10 heteroatoms. The summed E-state index contributed by atoms with van der Waals surface area (Å²) >= 11 is 2.59. The monoisotopic (exact) mass is 441 g/mol. The molecule has 0 saturated heterocycles. The zero-order valence-corrected chi connectivity index (χ0v) is 17.9. The average Bonchev–Trinajstić information content (AvgIpc) is 3.40. The number of benzene rings is 1. The van der Waals surface area contributed by atoms with Crippen LogP contribution in [0.3, 0.4) is 0 Å². The minimum absolute atomic E-state index is 0.136. The molecular weight excluding hydrogens is 422 g/mol. The number of H-pyrrole nitrogens is 1. The van der Waals surface area contributed by atoms with E-state index in [0.717, 1.165) is 27.9 Å². The number of carbonyl (C=O) groups is 2. The highest BCUT2D eigenvalue weighted by Crippen LogP contribution is 2.33. The molecule has 0 radical (unpaired) electrons. The topological polar surface area (TPSA) is 113 Å². The first-order valence-electron chi connectivity index (χ1n) is 9.13. The van der Waals surface area contributed by atoms with E-state index in [4.69, 9.17) is 4.52 Å². The zero-order valence-electron chi connectivity index (χ0n) is 16.3. The molecule has 2 amide bonds. The first-order chi connectivity index (χ1) is 14.5. The van der Waals surface area contributed by atoms with E-state index in [0.29, 0.717) is 16.7 Å². The van der Waals surface area contributed by atoms with Crippen LogP contribution >= 0.6 is 23.1 Å². The summed E-state index contributed by atoms with van der Waals surface area (Å²) in [5, 5.41) is 12.7. The third-order valence-electron chi connectivity index (χ3n) is 4.26. The molecule has 0 fully saturated rings. The molecule has 0 aliphatic rings. The van der Waals surface area contributed by atoms with Gasteiger partial charge in [0.1, 0.15) is 5.76 Å². The lowest BCUT2D eigenvalue weighted by molar-refractivity contribution is -0.114. The van der Waals surface area contributed by atoms with Crippen LogP contribution in [0.15, 0.2) is 40.2 Å². The number of para-hydroxylation sites is 1. The van der Waals surface area contributed by atoms with Gasteiger partial charge in [0, 0.05) is 33.6 Å². The number of hydrogen-bond donors (Lipinski definition) is 3. The summed E-state index contributed by atoms with van der Waals surface area (Å²) in [5.41, 5.74) is 3.94. The molecule has 154 valence electrons. The van der Waals surface area contributed by atoms with Crippen LogP contribution in [-0.2, 0) is 9.59 Å². The van der Waals surface area contributed by atoms with E-state index in [1.54, 1.807) is 13.0 Å². The second-order valence-corrected chi connectivity index (χ2v) is 8.46. The third kappa shape index (κ3) is 4.55. The van der Waals surface area contributed by atoms with Gasteiger partial charge in [-0.1, -0.05) is 23.4 Å². The fourth-order valence-electron chi connectivity index (χ4n) is 3.05. The molecule has 1 aromatic carbocycles. The summed E-state index contributed by atoms with van der Waals surface area (Å²) in [5.74, 6) is 0.811. The highest BCUT2D eigenvalue weighted by molar-refractivity contribution is 8.00. The number of carbonyl (C=O) groups excluding carboxylic acids is 2. The molecule has 0 atom stereocenters. The van der Waals surface area contributed by atoms with Crippen LogP contribution in [0.1, 0.15) is 11.5 Å². The van der Waals surface area contributed by atoms with Crippen molar-refractivity contribution in [3.63, 3.8) is 0 Å². The Morgan fingerprint density at radius 2 is 1.93 bits per heavy atom. The van der Waals surface area contributed by atoms with Gasteiger partial charge in [0.15, 0.2) is 10.9 Å². The van der Waals surface area contributed by atoms with Gasteiger partial charge in [-0.3, -0.25) is 9.59 Å². The summed E-state index contributed by atoms with van der Waals surface area (Å²) in [4.78, 5) is 32.0. The first-order valence-corrected chi connectivity index (χ1v) is 11.2. The van der Waals surface area contributed by atoms with Crippen molar-refractivity contribution >= 4 is 56.8 Å². The summed E-state index contributed by atoms with van der Waals surface area (Å²) < 4.78 is 4.89. The predicted octanol–water partition coefficient (Wildman–Crippen LogP) is 4.21. The van der Waals surface area contributed by atoms with Gasteiger partial charge in [-0.25, -0.2) is 4.98 Å². The van der Waals surface area contributed by atoms with Crippen LogP contribution in [0.2, 0.25) is 0 Å². The fourth-order valence-corrected chi connectivity index (χ4v) is 4.38. The number of aromatic nitrogens is 3. The maximum atomic E-state index is 12.2. The van der Waals surface area contributed by atoms with Gasteiger partial charge in [0.25, 0.3) is 0 Å². The van der Waals surface area contributed by atoms with Crippen molar-refractivity contribution in [2.45, 2.75) is 13.8 Å². The lowest BCUT2D eigenvalue weighted by atomic mass is 10.1. The largest absolute Gasteiger partial charge is 0.360 e. The minimum atomic E-state index is -0.243. The Kier molecular flexibility index (Phi) is 5.86. The quantitative estimate of drug-likeness (QED) is 0.396. The number of amides is 2. The van der Waals surface area contributed by atoms with E-state index in [1.165, 1.54) is 23.1 Å². The Labute approximate surface area is 180 Å². The van der Waals surface area contributed by atoms with Crippen molar-refractivity contribution in [3.8, 4) is 11.3 Å². The predicted molar refractivity (Wildman–Crippen MR) is 120 cm³/mol. The number of aryl methyl sites for hydroxylation is 2. The molecule has 0 aliphatic carbocycles. The van der Waals surface area contributed by atoms with Crippen molar-refractivity contribution in [3.05, 3.63) is 47.2 Å². The molecule has 8 nitrogen and oxygen atoms in total. The van der Waals surface area contributed by atoms with Crippen molar-refractivity contribution < 1.29 is 14.1 Å². The van der Waals surface area contributed by atoms with Crippen LogP contribution < -0.4 is 10.6 Å². The van der Waals surface area contributed by atoms with Crippen LogP contribution in [0, 0.1) is 13.8 Å². The molecule has 0 aliphatic heterocycles. The van der Waals surface area contributed by atoms with Gasteiger partial charge in [0.2, 0.25) is 11.8 Å². The highest BCUT2D eigenvalue weighted by atomic mass is 32.2. The SMILES string of the molecule is Cc1cc(NC(=O)CSCC(=O)Nc2nc(-c3c(C)[nH]c4ccccc34)cs2)no1. The standard InChI is InChI=1S/C20H19N5O3S2/c1-11-7-16(25-28-11)23-17(26)9-29-10-18(27)24-20-22-15(8-30-20)19-12(2)21-14-6-4-3-5-13(14)19/h3-8,21H,9-10H2,1-2H3,(H,22,24,27)(H,23,25,26). The molecule has 4 aromatic rings. The fraction of sp³-hybridized carbons (Fsp3) is 0.200. The van der Waals surface area contributed by atoms with Gasteiger partial charge in [-0.15, -0.1) is 23.1 Å². The molecule has 4 rings (SSSR count). The molecular formula is C20H19N5O3S2. The van der Waals surface area contributed by atoms with E-state index in [-0.39, 0.29) is 23.3 Å². The van der Waals surface area contributed by atoms with Crippen molar-refractivity contribution in [1.29, 1.82) is 0 Å². The molecule has 0 bridgehead atoms. The van der Waals surface area contributed by atoms with E-state index in [2.05, 4.69) is 25.8 Å². The van der Waals surface area contributed by atoms with Crippen molar-refractivity contribution in [2.24, 2.45) is 0 Å². The Hall–Kier alpha value is -3.11. The maximum absolute atomic E-state index is 12.2. The highest BCUT2D eigenvalue weighted by Gasteiger charge is 2.15. The van der Waals surface area contributed by atoms with Crippen molar-refractivity contribution in [2.75, 3.05) is 22.1 Å². The normalized spacial score (nSPS) is 11.0. The second kappa shape index (κ2) is 8.72. The lowest BCUT2D eigenvalue weighted by Crippen LogP contribution is -2.18. The van der Waals surface area contributed by atoms with Gasteiger partial charge in [-0.05, 0) is 19.9 Å². The third-order valence-corrected chi connectivity index (χ3v) is 5.95. The number of nitrogens with one attached hydrogen (secondary N) is 3. The van der Waals surface area contributed by atoms with Gasteiger partial charge < -0.3 is 20.1 Å². The molecule has 3 N–H and O–H groups in total. The first kappa shape index (κ1) is 20.2. The number of nitrogens with zero attached hydrogens (tertiary/aromatic N) is 2. The minimum Gasteiger partial charge on any atom is -0.360 e. The van der Waals surface area contributed by atoms with Gasteiger partial charge in [-0.2, -0.15) is 0 Å². The molecule has 0 saturated carbocycles. The summed E-state index contributed by atoms with van der Waals surface area (Å²) in [6.07, 6.45) is 0. The van der Waals surface area contributed by atoms with Crippen LogP contribution in [0.5, 0.6) is 0 Å². The molecule has 3 aromatic heterocycles. The molecule has 0 unspecified atom stereocenters. The van der Waals surface area contributed by atoms with E-state index in [1.807, 2.05) is 36.6 Å². The van der Waals surface area contributed by atoms with Crippen LogP contribution in [0.4, 0.5) is 10.9 Å². The lowest BCUT2D eigenvalue weighted by Gasteiger charge is -2.02. The Balaban J connectivity index is 1.31. The maximum Gasteiger partial charge on any atom is 0.236 e. The number of thiazole rings is 1. The zero-order chi connectivity index (χ0) is 21.1. The van der Waals surface area contributed by atoms with Gasteiger partial charge in [0.05, 0.1) is 17.2 Å². The summed E-state index contributed by atoms with van der Waals surface area (Å²) in [7, 11) is 0. The Bertz CT molecular complexity index is 1210. The number of aromatic amines is 1. The smallest absolute Gasteiger partial charge is 0.236 e. The number of fused-ring (bicyclic) bond motifs is 1. The number of thioether (sulfide) groups is 1. The van der Waals surface area contributed by atoms with Crippen molar-refractivity contribution in [1.82, 2.24) is 15.1 Å². The van der Waals surface area contributed by atoms with Crippen LogP contribution in [-0.4, -0.2) is 38.4 Å². The van der Waals surface area contributed by atoms with Gasteiger partial charge >= 0.3 is 0 Å². The summed E-state index contributed by atoms with van der Waals surface area (Å²) in [6.45, 7) is 3.75. The van der Waals surface area contributed by atoms with E-state index in [9.17, 15) is 9.59 Å². The molecule has 30 heavy (non-hydrogen) atoms. The Morgan fingerprint density at radius 1 is 1.17 bits per heavy atom. The Morgan fingerprint density at radius 3 is 2.70 bits per heavy atom. The number of anilines is 2. The second-order valence-electron chi connectivity index (χ2n) is 6.62.